The molecule has 0 spiro atoms. The number of nitriles is 1. The molecule has 0 aliphatic carbocycles. The Morgan fingerprint density at radius 3 is 2.72 bits per heavy atom. The van der Waals surface area contributed by atoms with Gasteiger partial charge in [-0.2, -0.15) is 5.26 Å². The van der Waals surface area contributed by atoms with Crippen molar-refractivity contribution < 1.29 is 5.11 Å². The summed E-state index contributed by atoms with van der Waals surface area (Å²) in [5.41, 5.74) is 1.73. The van der Waals surface area contributed by atoms with Gasteiger partial charge in [0.1, 0.15) is 11.9 Å². The molecule has 0 radical (unpaired) electrons. The molecule has 0 unspecified atom stereocenters. The summed E-state index contributed by atoms with van der Waals surface area (Å²) in [4.78, 5) is 6.35. The third-order valence-corrected chi connectivity index (χ3v) is 4.99. The van der Waals surface area contributed by atoms with Crippen molar-refractivity contribution in [3.8, 4) is 6.07 Å². The Morgan fingerprint density at radius 2 is 1.92 bits per heavy atom. The van der Waals surface area contributed by atoms with Crippen molar-refractivity contribution in [3.05, 3.63) is 71.9 Å². The SMILES string of the molecule is N#Cc1cccnc1N1CC[C@H](c2ccc3ccccc3c2)[C@@H](O)C1. The van der Waals surface area contributed by atoms with Crippen LogP contribution < -0.4 is 4.90 Å². The maximum absolute atomic E-state index is 10.7. The molecule has 2 atom stereocenters. The third-order valence-electron chi connectivity index (χ3n) is 4.99. The van der Waals surface area contributed by atoms with Gasteiger partial charge in [0.25, 0.3) is 0 Å². The molecule has 1 aliphatic rings. The van der Waals surface area contributed by atoms with Gasteiger partial charge >= 0.3 is 0 Å². The zero-order valence-electron chi connectivity index (χ0n) is 13.8. The normalized spacial score (nSPS) is 20.4. The molecule has 0 bridgehead atoms. The molecule has 25 heavy (non-hydrogen) atoms. The minimum atomic E-state index is -0.483. The fourth-order valence-electron chi connectivity index (χ4n) is 3.69. The van der Waals surface area contributed by atoms with Crippen LogP contribution in [-0.2, 0) is 0 Å². The Kier molecular flexibility index (Phi) is 4.09. The lowest BCUT2D eigenvalue weighted by molar-refractivity contribution is 0.129. The minimum Gasteiger partial charge on any atom is -0.391 e. The Labute approximate surface area is 147 Å². The number of aromatic nitrogens is 1. The zero-order chi connectivity index (χ0) is 17.2. The molecule has 124 valence electrons. The number of anilines is 1. The van der Waals surface area contributed by atoms with E-state index in [1.165, 1.54) is 16.3 Å². The van der Waals surface area contributed by atoms with Crippen LogP contribution in [0.2, 0.25) is 0 Å². The summed E-state index contributed by atoms with van der Waals surface area (Å²) in [6.07, 6.45) is 2.04. The number of hydrogen-bond acceptors (Lipinski definition) is 4. The van der Waals surface area contributed by atoms with E-state index in [2.05, 4.69) is 41.4 Å². The van der Waals surface area contributed by atoms with Gasteiger partial charge in [-0.05, 0) is 34.9 Å². The van der Waals surface area contributed by atoms with Crippen molar-refractivity contribution >= 4 is 16.6 Å². The molecule has 1 fully saturated rings. The predicted molar refractivity (Wildman–Crippen MR) is 98.5 cm³/mol. The van der Waals surface area contributed by atoms with E-state index in [0.29, 0.717) is 17.9 Å². The molecule has 1 N–H and O–H groups in total. The van der Waals surface area contributed by atoms with Crippen LogP contribution in [0, 0.1) is 11.3 Å². The van der Waals surface area contributed by atoms with Crippen LogP contribution in [0.4, 0.5) is 5.82 Å². The summed E-state index contributed by atoms with van der Waals surface area (Å²) in [6.45, 7) is 1.27. The molecule has 1 aromatic heterocycles. The minimum absolute atomic E-state index is 0.107. The van der Waals surface area contributed by atoms with Gasteiger partial charge in [0, 0.05) is 25.2 Å². The molecule has 4 rings (SSSR count). The standard InChI is InChI=1S/C21H19N3O/c22-13-18-6-3-10-23-21(18)24-11-9-19(20(25)14-24)17-8-7-15-4-1-2-5-16(15)12-17/h1-8,10,12,19-20,25H,9,11,14H2/t19-,20+/m1/s1. The summed E-state index contributed by atoms with van der Waals surface area (Å²) >= 11 is 0. The van der Waals surface area contributed by atoms with Crippen molar-refractivity contribution in [2.75, 3.05) is 18.0 Å². The van der Waals surface area contributed by atoms with Gasteiger partial charge in [-0.25, -0.2) is 4.98 Å². The average molecular weight is 329 g/mol. The van der Waals surface area contributed by atoms with E-state index in [0.717, 1.165) is 13.0 Å². The second-order valence-corrected chi connectivity index (χ2v) is 6.50. The molecule has 3 aromatic rings. The lowest BCUT2D eigenvalue weighted by Crippen LogP contribution is -2.43. The summed E-state index contributed by atoms with van der Waals surface area (Å²) in [5, 5.41) is 22.4. The number of β-amino-alcohol motifs (C(OH)–C–C–N with tert-alkyl or cyclic N) is 1. The fraction of sp³-hybridized carbons (Fsp3) is 0.238. The third kappa shape index (κ3) is 2.95. The number of aliphatic hydroxyl groups is 1. The van der Waals surface area contributed by atoms with Gasteiger partial charge in [-0.1, -0.05) is 42.5 Å². The van der Waals surface area contributed by atoms with Crippen molar-refractivity contribution in [2.24, 2.45) is 0 Å². The first-order chi connectivity index (χ1) is 12.3. The summed E-state index contributed by atoms with van der Waals surface area (Å²) in [5.74, 6) is 0.774. The van der Waals surface area contributed by atoms with E-state index in [1.54, 1.807) is 18.3 Å². The number of pyridine rings is 1. The van der Waals surface area contributed by atoms with Gasteiger partial charge in [0.2, 0.25) is 0 Å². The van der Waals surface area contributed by atoms with Gasteiger partial charge < -0.3 is 10.0 Å². The Bertz CT molecular complexity index is 947. The first-order valence-electron chi connectivity index (χ1n) is 8.53. The molecule has 2 aromatic carbocycles. The number of aliphatic hydroxyl groups excluding tert-OH is 1. The van der Waals surface area contributed by atoms with Crippen LogP contribution in [0.25, 0.3) is 10.8 Å². The van der Waals surface area contributed by atoms with Gasteiger partial charge in [-0.3, -0.25) is 0 Å². The summed E-state index contributed by atoms with van der Waals surface area (Å²) in [7, 11) is 0. The van der Waals surface area contributed by atoms with Crippen LogP contribution in [0.5, 0.6) is 0 Å². The number of nitrogens with zero attached hydrogens (tertiary/aromatic N) is 3. The Balaban J connectivity index is 1.58. The second-order valence-electron chi connectivity index (χ2n) is 6.50. The number of hydrogen-bond donors (Lipinski definition) is 1. The number of fused-ring (bicyclic) bond motifs is 1. The lowest BCUT2D eigenvalue weighted by atomic mass is 9.86. The molecule has 1 saturated heterocycles. The maximum Gasteiger partial charge on any atom is 0.146 e. The average Bonchev–Trinajstić information content (AvgIpc) is 2.67. The zero-order valence-corrected chi connectivity index (χ0v) is 13.8. The van der Waals surface area contributed by atoms with Gasteiger partial charge in [-0.15, -0.1) is 0 Å². The second kappa shape index (κ2) is 6.54. The number of piperidine rings is 1. The smallest absolute Gasteiger partial charge is 0.146 e. The molecule has 0 amide bonds. The van der Waals surface area contributed by atoms with E-state index in [9.17, 15) is 10.4 Å². The van der Waals surface area contributed by atoms with Crippen molar-refractivity contribution in [3.63, 3.8) is 0 Å². The number of benzene rings is 2. The van der Waals surface area contributed by atoms with Crippen molar-refractivity contribution in [1.29, 1.82) is 5.26 Å². The van der Waals surface area contributed by atoms with Gasteiger partial charge in [0.05, 0.1) is 11.7 Å². The fourth-order valence-corrected chi connectivity index (χ4v) is 3.69. The molecular formula is C21H19N3O. The largest absolute Gasteiger partial charge is 0.391 e. The van der Waals surface area contributed by atoms with E-state index in [-0.39, 0.29) is 5.92 Å². The monoisotopic (exact) mass is 329 g/mol. The summed E-state index contributed by atoms with van der Waals surface area (Å²) < 4.78 is 0. The summed E-state index contributed by atoms with van der Waals surface area (Å²) in [6, 6.07) is 20.4. The van der Waals surface area contributed by atoms with Crippen molar-refractivity contribution in [1.82, 2.24) is 4.98 Å². The first-order valence-corrected chi connectivity index (χ1v) is 8.53. The number of rotatable bonds is 2. The Morgan fingerprint density at radius 1 is 1.08 bits per heavy atom. The lowest BCUT2D eigenvalue weighted by Gasteiger charge is -2.37. The van der Waals surface area contributed by atoms with E-state index in [1.807, 2.05) is 17.0 Å². The maximum atomic E-state index is 10.7. The molecule has 4 nitrogen and oxygen atoms in total. The Hall–Kier alpha value is -2.90. The van der Waals surface area contributed by atoms with Crippen molar-refractivity contribution in [2.45, 2.75) is 18.4 Å². The molecule has 4 heteroatoms. The van der Waals surface area contributed by atoms with E-state index in [4.69, 9.17) is 0 Å². The van der Waals surface area contributed by atoms with Crippen LogP contribution in [0.1, 0.15) is 23.5 Å². The topological polar surface area (TPSA) is 60.2 Å². The van der Waals surface area contributed by atoms with Crippen LogP contribution in [0.15, 0.2) is 60.8 Å². The highest BCUT2D eigenvalue weighted by Gasteiger charge is 2.30. The molecular weight excluding hydrogens is 310 g/mol. The highest BCUT2D eigenvalue weighted by Crippen LogP contribution is 2.32. The molecule has 0 saturated carbocycles. The predicted octanol–water partition coefficient (Wildman–Crippen LogP) is 3.46. The molecule has 1 aliphatic heterocycles. The quantitative estimate of drug-likeness (QED) is 0.782. The van der Waals surface area contributed by atoms with E-state index >= 15 is 0 Å². The van der Waals surface area contributed by atoms with Gasteiger partial charge in [0.15, 0.2) is 0 Å². The van der Waals surface area contributed by atoms with Crippen LogP contribution in [-0.4, -0.2) is 29.3 Å². The first kappa shape index (κ1) is 15.6. The van der Waals surface area contributed by atoms with Crippen LogP contribution in [0.3, 0.4) is 0 Å². The highest BCUT2D eigenvalue weighted by atomic mass is 16.3. The van der Waals surface area contributed by atoms with Crippen LogP contribution >= 0.6 is 0 Å². The van der Waals surface area contributed by atoms with E-state index < -0.39 is 6.10 Å². The highest BCUT2D eigenvalue weighted by molar-refractivity contribution is 5.83. The molecule has 2 heterocycles.